The second-order valence-corrected chi connectivity index (χ2v) is 5.50. The van der Waals surface area contributed by atoms with Crippen LogP contribution in [0.4, 0.5) is 0 Å². The second-order valence-electron chi connectivity index (χ2n) is 5.50. The molecular weight excluding hydrogens is 232 g/mol. The Hall–Kier alpha value is -0.650. The Kier molecular flexibility index (Phi) is 4.25. The van der Waals surface area contributed by atoms with E-state index in [0.29, 0.717) is 25.0 Å². The predicted octanol–water partition coefficient (Wildman–Crippen LogP) is 0.693. The van der Waals surface area contributed by atoms with Crippen molar-refractivity contribution in [3.05, 3.63) is 0 Å². The molecule has 18 heavy (non-hydrogen) atoms. The van der Waals surface area contributed by atoms with E-state index in [2.05, 4.69) is 17.3 Å². The summed E-state index contributed by atoms with van der Waals surface area (Å²) >= 11 is 0. The standard InChI is InChI=1S/C13H24N2O3/c1-3-14-13(12(16)17)6-4-10(8-13)15(2)11-5-7-18-9-11/h10-11,14H,3-9H2,1-2H3,(H,16,17). The van der Waals surface area contributed by atoms with Gasteiger partial charge in [-0.05, 0) is 39.3 Å². The number of carbonyl (C=O) groups is 1. The molecule has 3 unspecified atom stereocenters. The smallest absolute Gasteiger partial charge is 0.323 e. The Morgan fingerprint density at radius 1 is 1.50 bits per heavy atom. The van der Waals surface area contributed by atoms with Crippen molar-refractivity contribution in [3.63, 3.8) is 0 Å². The highest BCUT2D eigenvalue weighted by molar-refractivity contribution is 5.79. The molecule has 3 atom stereocenters. The van der Waals surface area contributed by atoms with E-state index in [-0.39, 0.29) is 0 Å². The minimum atomic E-state index is -0.715. The van der Waals surface area contributed by atoms with Gasteiger partial charge in [-0.3, -0.25) is 9.69 Å². The van der Waals surface area contributed by atoms with Crippen LogP contribution in [0.5, 0.6) is 0 Å². The zero-order valence-corrected chi connectivity index (χ0v) is 11.3. The lowest BCUT2D eigenvalue weighted by Gasteiger charge is -2.31. The van der Waals surface area contributed by atoms with Crippen LogP contribution in [0.3, 0.4) is 0 Å². The summed E-state index contributed by atoms with van der Waals surface area (Å²) in [6, 6.07) is 0.813. The van der Waals surface area contributed by atoms with Crippen molar-refractivity contribution in [1.82, 2.24) is 10.2 Å². The number of carboxylic acids is 1. The Bertz CT molecular complexity index is 305. The number of ether oxygens (including phenoxy) is 1. The van der Waals surface area contributed by atoms with Crippen LogP contribution >= 0.6 is 0 Å². The quantitative estimate of drug-likeness (QED) is 0.758. The first-order valence-electron chi connectivity index (χ1n) is 6.87. The number of rotatable bonds is 5. The molecule has 2 fully saturated rings. The minimum absolute atomic E-state index is 0.354. The first kappa shape index (κ1) is 13.8. The van der Waals surface area contributed by atoms with E-state index in [1.54, 1.807) is 0 Å². The van der Waals surface area contributed by atoms with Crippen LogP contribution in [0.15, 0.2) is 0 Å². The van der Waals surface area contributed by atoms with E-state index in [0.717, 1.165) is 32.5 Å². The van der Waals surface area contributed by atoms with E-state index in [1.807, 2.05) is 6.92 Å². The van der Waals surface area contributed by atoms with Crippen LogP contribution in [-0.2, 0) is 9.53 Å². The molecule has 1 saturated carbocycles. The van der Waals surface area contributed by atoms with Gasteiger partial charge in [0.05, 0.1) is 6.61 Å². The Morgan fingerprint density at radius 2 is 2.28 bits per heavy atom. The average Bonchev–Trinajstić information content (AvgIpc) is 2.98. The highest BCUT2D eigenvalue weighted by Crippen LogP contribution is 2.34. The fraction of sp³-hybridized carbons (Fsp3) is 0.923. The fourth-order valence-corrected chi connectivity index (χ4v) is 3.28. The van der Waals surface area contributed by atoms with Crippen molar-refractivity contribution in [2.75, 3.05) is 26.8 Å². The summed E-state index contributed by atoms with van der Waals surface area (Å²) in [6.07, 6.45) is 3.43. The lowest BCUT2D eigenvalue weighted by molar-refractivity contribution is -0.144. The molecule has 2 N–H and O–H groups in total. The van der Waals surface area contributed by atoms with Crippen LogP contribution in [0.2, 0.25) is 0 Å². The maximum atomic E-state index is 11.5. The molecule has 1 heterocycles. The van der Waals surface area contributed by atoms with Crippen LogP contribution in [-0.4, -0.2) is 60.4 Å². The third-order valence-corrected chi connectivity index (χ3v) is 4.47. The summed E-state index contributed by atoms with van der Waals surface area (Å²) in [5.74, 6) is -0.706. The number of nitrogens with zero attached hydrogens (tertiary/aromatic N) is 1. The molecule has 1 saturated heterocycles. The van der Waals surface area contributed by atoms with Gasteiger partial charge in [-0.15, -0.1) is 0 Å². The first-order valence-corrected chi connectivity index (χ1v) is 6.87. The highest BCUT2D eigenvalue weighted by Gasteiger charge is 2.46. The van der Waals surface area contributed by atoms with E-state index < -0.39 is 11.5 Å². The summed E-state index contributed by atoms with van der Waals surface area (Å²) in [7, 11) is 2.11. The summed E-state index contributed by atoms with van der Waals surface area (Å²) in [6.45, 7) is 4.29. The number of hydrogen-bond donors (Lipinski definition) is 2. The van der Waals surface area contributed by atoms with Gasteiger partial charge in [0, 0.05) is 18.7 Å². The Labute approximate surface area is 108 Å². The van der Waals surface area contributed by atoms with Crippen LogP contribution in [0.1, 0.15) is 32.6 Å². The van der Waals surface area contributed by atoms with E-state index >= 15 is 0 Å². The normalized spacial score (nSPS) is 36.4. The largest absolute Gasteiger partial charge is 0.480 e. The molecule has 0 bridgehead atoms. The van der Waals surface area contributed by atoms with Gasteiger partial charge in [0.25, 0.3) is 0 Å². The van der Waals surface area contributed by atoms with Crippen molar-refractivity contribution in [3.8, 4) is 0 Å². The molecule has 1 aliphatic carbocycles. The van der Waals surface area contributed by atoms with Crippen molar-refractivity contribution in [1.29, 1.82) is 0 Å². The van der Waals surface area contributed by atoms with Crippen molar-refractivity contribution >= 4 is 5.97 Å². The number of likely N-dealkylation sites (N-methyl/N-ethyl adjacent to an activating group) is 2. The lowest BCUT2D eigenvalue weighted by atomic mass is 9.97. The molecule has 0 aromatic heterocycles. The monoisotopic (exact) mass is 256 g/mol. The number of carboxylic acid groups (broad SMARTS) is 1. The number of hydrogen-bond acceptors (Lipinski definition) is 4. The second kappa shape index (κ2) is 5.55. The van der Waals surface area contributed by atoms with Gasteiger partial charge >= 0.3 is 5.97 Å². The van der Waals surface area contributed by atoms with Gasteiger partial charge in [-0.2, -0.15) is 0 Å². The predicted molar refractivity (Wildman–Crippen MR) is 68.7 cm³/mol. The highest BCUT2D eigenvalue weighted by atomic mass is 16.5. The van der Waals surface area contributed by atoms with Gasteiger partial charge in [0.2, 0.25) is 0 Å². The molecule has 0 radical (unpaired) electrons. The maximum Gasteiger partial charge on any atom is 0.323 e. The molecule has 104 valence electrons. The molecule has 0 amide bonds. The molecular formula is C13H24N2O3. The first-order chi connectivity index (χ1) is 8.59. The number of aliphatic carboxylic acids is 1. The molecule has 5 nitrogen and oxygen atoms in total. The maximum absolute atomic E-state index is 11.5. The zero-order valence-electron chi connectivity index (χ0n) is 11.3. The third kappa shape index (κ3) is 2.53. The molecule has 0 spiro atoms. The van der Waals surface area contributed by atoms with Crippen LogP contribution in [0, 0.1) is 0 Å². The van der Waals surface area contributed by atoms with E-state index in [9.17, 15) is 9.90 Å². The molecule has 5 heteroatoms. The Morgan fingerprint density at radius 3 is 2.83 bits per heavy atom. The van der Waals surface area contributed by atoms with Crippen molar-refractivity contribution in [2.24, 2.45) is 0 Å². The zero-order chi connectivity index (χ0) is 13.2. The summed E-state index contributed by atoms with van der Waals surface area (Å²) in [5.41, 5.74) is -0.715. The van der Waals surface area contributed by atoms with Crippen molar-refractivity contribution in [2.45, 2.75) is 50.2 Å². The summed E-state index contributed by atoms with van der Waals surface area (Å²) in [4.78, 5) is 13.8. The molecule has 2 rings (SSSR count). The SMILES string of the molecule is CCNC1(C(=O)O)CCC(N(C)C2CCOC2)C1. The third-order valence-electron chi connectivity index (χ3n) is 4.47. The van der Waals surface area contributed by atoms with Gasteiger partial charge in [-0.25, -0.2) is 0 Å². The molecule has 0 aromatic carbocycles. The van der Waals surface area contributed by atoms with Crippen LogP contribution in [0.25, 0.3) is 0 Å². The molecule has 2 aliphatic rings. The van der Waals surface area contributed by atoms with E-state index in [1.165, 1.54) is 0 Å². The van der Waals surface area contributed by atoms with Crippen LogP contribution < -0.4 is 5.32 Å². The molecule has 0 aromatic rings. The van der Waals surface area contributed by atoms with Gasteiger partial charge < -0.3 is 15.2 Å². The summed E-state index contributed by atoms with van der Waals surface area (Å²) in [5, 5.41) is 12.6. The van der Waals surface area contributed by atoms with E-state index in [4.69, 9.17) is 4.74 Å². The average molecular weight is 256 g/mol. The van der Waals surface area contributed by atoms with Gasteiger partial charge in [0.1, 0.15) is 5.54 Å². The van der Waals surface area contributed by atoms with Gasteiger partial charge in [-0.1, -0.05) is 6.92 Å². The number of nitrogens with one attached hydrogen (secondary N) is 1. The minimum Gasteiger partial charge on any atom is -0.480 e. The molecule has 1 aliphatic heterocycles. The Balaban J connectivity index is 1.99. The summed E-state index contributed by atoms with van der Waals surface area (Å²) < 4.78 is 5.41. The topological polar surface area (TPSA) is 61.8 Å². The fourth-order valence-electron chi connectivity index (χ4n) is 3.28. The lowest BCUT2D eigenvalue weighted by Crippen LogP contribution is -2.51. The van der Waals surface area contributed by atoms with Crippen molar-refractivity contribution < 1.29 is 14.6 Å². The van der Waals surface area contributed by atoms with Gasteiger partial charge in [0.15, 0.2) is 0 Å².